The summed E-state index contributed by atoms with van der Waals surface area (Å²) in [5, 5.41) is 5.32. The Morgan fingerprint density at radius 3 is 1.60 bits per heavy atom. The molecule has 2 N–H and O–H groups in total. The van der Waals surface area contributed by atoms with E-state index >= 15 is 0 Å². The van der Waals surface area contributed by atoms with Crippen molar-refractivity contribution in [1.82, 2.24) is 10.6 Å². The fourth-order valence-electron chi connectivity index (χ4n) is 0.189. The maximum Gasteiger partial charge on any atom is 2.00 e. The molecule has 7 heteroatoms. The number of hydrogen-bond donors (Lipinski definition) is 2. The van der Waals surface area contributed by atoms with E-state index in [4.69, 9.17) is 0 Å². The summed E-state index contributed by atoms with van der Waals surface area (Å²) in [4.78, 5) is 0. The van der Waals surface area contributed by atoms with Gasteiger partial charge < -0.3 is 60.3 Å². The van der Waals surface area contributed by atoms with Crippen LogP contribution in [0, 0.1) is 0 Å². The van der Waals surface area contributed by atoms with E-state index in [1.807, 2.05) is 0 Å². The summed E-state index contributed by atoms with van der Waals surface area (Å²) in [6.45, 7) is 0.421. The van der Waals surface area contributed by atoms with Crippen LogP contribution >= 0.6 is 24.4 Å². The van der Waals surface area contributed by atoms with Crippen molar-refractivity contribution in [3.8, 4) is 0 Å². The predicted octanol–water partition coefficient (Wildman–Crippen LogP) is -0.216. The van der Waals surface area contributed by atoms with Crippen LogP contribution in [0.15, 0.2) is 0 Å². The summed E-state index contributed by atoms with van der Waals surface area (Å²) in [7, 11) is 0. The van der Waals surface area contributed by atoms with Crippen LogP contribution < -0.4 is 10.6 Å². The fraction of sp³-hybridized carbons (Fsp3) is 0.333. The third-order valence-electron chi connectivity index (χ3n) is 0.465. The molecule has 0 aliphatic rings. The SMILES string of the molecule is S=C([S-])NCNC(=S)[S-].[Mn+2]. The molecule has 0 saturated carbocycles. The van der Waals surface area contributed by atoms with Gasteiger partial charge in [-0.05, 0) is 0 Å². The third kappa shape index (κ3) is 11.5. The molecule has 0 spiro atoms. The number of thiocarbonyl (C=S) groups is 2. The van der Waals surface area contributed by atoms with Gasteiger partial charge in [-0.1, -0.05) is 8.64 Å². The molecule has 0 aromatic rings. The van der Waals surface area contributed by atoms with E-state index in [1.165, 1.54) is 0 Å². The normalized spacial score (nSPS) is 7.20. The topological polar surface area (TPSA) is 24.1 Å². The van der Waals surface area contributed by atoms with Gasteiger partial charge in [0.15, 0.2) is 0 Å². The Labute approximate surface area is 92.2 Å². The molecule has 0 aromatic heterocycles. The Bertz CT molecular complexity index is 114. The van der Waals surface area contributed by atoms with Gasteiger partial charge in [0.2, 0.25) is 0 Å². The molecule has 0 aromatic carbocycles. The first-order valence-corrected chi connectivity index (χ1v) is 3.66. The maximum absolute atomic E-state index is 4.53. The second-order valence-electron chi connectivity index (χ2n) is 1.11. The monoisotopic (exact) mass is 251 g/mol. The van der Waals surface area contributed by atoms with E-state index in [2.05, 4.69) is 60.3 Å². The first-order chi connectivity index (χ1) is 4.13. The molecular formula is C3H4MnN2S4. The van der Waals surface area contributed by atoms with Crippen LogP contribution in [0.1, 0.15) is 0 Å². The van der Waals surface area contributed by atoms with Gasteiger partial charge in [0, 0.05) is 0 Å². The van der Waals surface area contributed by atoms with Gasteiger partial charge in [-0.25, -0.2) is 0 Å². The Morgan fingerprint density at radius 1 is 1.10 bits per heavy atom. The second-order valence-corrected chi connectivity index (χ2v) is 3.26. The molecule has 0 saturated heterocycles. The molecule has 2 nitrogen and oxygen atoms in total. The first-order valence-electron chi connectivity index (χ1n) is 2.02. The summed E-state index contributed by atoms with van der Waals surface area (Å²) in [5.74, 6) is 0. The van der Waals surface area contributed by atoms with Gasteiger partial charge >= 0.3 is 17.1 Å². The molecule has 0 aliphatic carbocycles. The molecule has 10 heavy (non-hydrogen) atoms. The van der Waals surface area contributed by atoms with Gasteiger partial charge in [0.05, 0.1) is 6.67 Å². The van der Waals surface area contributed by atoms with Gasteiger partial charge in [0.1, 0.15) is 0 Å². The van der Waals surface area contributed by atoms with E-state index in [0.717, 1.165) is 0 Å². The van der Waals surface area contributed by atoms with Crippen molar-refractivity contribution < 1.29 is 17.1 Å². The smallest absolute Gasteiger partial charge is 0.412 e. The van der Waals surface area contributed by atoms with Crippen LogP contribution in [0.3, 0.4) is 0 Å². The molecule has 0 fully saturated rings. The minimum Gasteiger partial charge on any atom is -0.412 e. The molecule has 0 heterocycles. The van der Waals surface area contributed by atoms with Gasteiger partial charge in [-0.15, -0.1) is 0 Å². The Hall–Kier alpha value is 0.739. The fourth-order valence-corrected chi connectivity index (χ4v) is 0.477. The number of rotatable bonds is 2. The van der Waals surface area contributed by atoms with Gasteiger partial charge in [0.25, 0.3) is 0 Å². The molecule has 0 aliphatic heterocycles. The Kier molecular flexibility index (Phi) is 10.5. The average Bonchev–Trinajstić information content (AvgIpc) is 1.63. The summed E-state index contributed by atoms with van der Waals surface area (Å²) in [6.07, 6.45) is 0. The van der Waals surface area contributed by atoms with E-state index in [1.54, 1.807) is 0 Å². The Morgan fingerprint density at radius 2 is 1.40 bits per heavy atom. The summed E-state index contributed by atoms with van der Waals surface area (Å²) >= 11 is 18.1. The zero-order chi connectivity index (χ0) is 7.28. The van der Waals surface area contributed by atoms with Crippen LogP contribution in [0.4, 0.5) is 0 Å². The minimum atomic E-state index is 0. The Balaban J connectivity index is 0. The largest absolute Gasteiger partial charge is 2.00 e. The molecule has 1 radical (unpaired) electrons. The summed E-state index contributed by atoms with van der Waals surface area (Å²) < 4.78 is 0.627. The van der Waals surface area contributed by atoms with Crippen molar-refractivity contribution in [1.29, 1.82) is 0 Å². The van der Waals surface area contributed by atoms with Crippen molar-refractivity contribution in [3.63, 3.8) is 0 Å². The zero-order valence-electron chi connectivity index (χ0n) is 4.72. The maximum atomic E-state index is 4.53. The molecule has 0 atom stereocenters. The molecule has 0 amide bonds. The molecule has 0 bridgehead atoms. The van der Waals surface area contributed by atoms with Crippen LogP contribution in [0.5, 0.6) is 0 Å². The molecule has 0 rings (SSSR count). The van der Waals surface area contributed by atoms with Crippen molar-refractivity contribution in [3.05, 3.63) is 0 Å². The van der Waals surface area contributed by atoms with Crippen LogP contribution in [-0.4, -0.2) is 15.3 Å². The number of hydrogen-bond acceptors (Lipinski definition) is 4. The van der Waals surface area contributed by atoms with E-state index < -0.39 is 0 Å². The van der Waals surface area contributed by atoms with E-state index in [0.29, 0.717) is 15.3 Å². The third-order valence-corrected chi connectivity index (χ3v) is 1.04. The average molecular weight is 251 g/mol. The van der Waals surface area contributed by atoms with Crippen molar-refractivity contribution >= 4 is 58.3 Å². The van der Waals surface area contributed by atoms with Gasteiger partial charge in [-0.3, -0.25) is 0 Å². The van der Waals surface area contributed by atoms with Gasteiger partial charge in [-0.2, -0.15) is 0 Å². The standard InChI is InChI=1S/C3H6N2S4.Mn/c6-2(7)4-1-5-3(8)9;/h1H2,(H2,4,6,7)(H2,5,8,9);/q;+2/p-2. The van der Waals surface area contributed by atoms with Crippen LogP contribution in [-0.2, 0) is 42.3 Å². The summed E-state index contributed by atoms with van der Waals surface area (Å²) in [6, 6.07) is 0. The second kappa shape index (κ2) is 7.84. The summed E-state index contributed by atoms with van der Waals surface area (Å²) in [5.41, 5.74) is 0. The first kappa shape index (κ1) is 13.3. The van der Waals surface area contributed by atoms with Crippen LogP contribution in [0.25, 0.3) is 0 Å². The molecular weight excluding hydrogens is 247 g/mol. The minimum absolute atomic E-state index is 0. The van der Waals surface area contributed by atoms with Crippen molar-refractivity contribution in [2.45, 2.75) is 0 Å². The number of nitrogens with one attached hydrogen (secondary N) is 2. The zero-order valence-corrected chi connectivity index (χ0v) is 9.16. The van der Waals surface area contributed by atoms with Crippen molar-refractivity contribution in [2.75, 3.05) is 6.67 Å². The predicted molar refractivity (Wildman–Crippen MR) is 51.1 cm³/mol. The molecule has 57 valence electrons. The van der Waals surface area contributed by atoms with Crippen LogP contribution in [0.2, 0.25) is 0 Å². The van der Waals surface area contributed by atoms with Crippen molar-refractivity contribution in [2.24, 2.45) is 0 Å². The molecule has 0 unspecified atom stereocenters. The van der Waals surface area contributed by atoms with E-state index in [9.17, 15) is 0 Å². The van der Waals surface area contributed by atoms with E-state index in [-0.39, 0.29) is 17.1 Å². The quantitative estimate of drug-likeness (QED) is 0.305.